The van der Waals surface area contributed by atoms with Crippen LogP contribution in [0.3, 0.4) is 0 Å². The van der Waals surface area contributed by atoms with Crippen molar-refractivity contribution in [3.63, 3.8) is 0 Å². The number of aryl methyl sites for hydroxylation is 1. The molecule has 0 aliphatic rings. The number of nitrogens with zero attached hydrogens (tertiary/aromatic N) is 4. The lowest BCUT2D eigenvalue weighted by Gasteiger charge is -2.09. The fourth-order valence-electron chi connectivity index (χ4n) is 2.80. The van der Waals surface area contributed by atoms with E-state index in [9.17, 15) is 4.39 Å². The lowest BCUT2D eigenvalue weighted by atomic mass is 10.1. The quantitative estimate of drug-likeness (QED) is 0.485. The van der Waals surface area contributed by atoms with E-state index in [1.165, 1.54) is 13.2 Å². The van der Waals surface area contributed by atoms with Crippen LogP contribution in [0, 0.1) is 12.7 Å². The molecule has 2 aromatic heterocycles. The monoisotopic (exact) mass is 396 g/mol. The maximum atomic E-state index is 13.8. The van der Waals surface area contributed by atoms with Gasteiger partial charge in [-0.3, -0.25) is 0 Å². The Labute approximate surface area is 165 Å². The van der Waals surface area contributed by atoms with Crippen LogP contribution in [0.1, 0.15) is 17.3 Å². The third-order valence-electron chi connectivity index (χ3n) is 4.30. The highest BCUT2D eigenvalue weighted by atomic mass is 19.1. The van der Waals surface area contributed by atoms with Crippen LogP contribution in [0.25, 0.3) is 22.8 Å². The van der Waals surface area contributed by atoms with Gasteiger partial charge in [-0.25, -0.2) is 4.39 Å². The van der Waals surface area contributed by atoms with Crippen LogP contribution in [-0.2, 0) is 6.42 Å². The number of rotatable bonds is 6. The first kappa shape index (κ1) is 18.6. The minimum atomic E-state index is -0.337. The smallest absolute Gasteiger partial charge is 0.247 e. The van der Waals surface area contributed by atoms with E-state index < -0.39 is 0 Å². The van der Waals surface area contributed by atoms with Gasteiger partial charge in [-0.2, -0.15) is 4.98 Å². The van der Waals surface area contributed by atoms with Crippen LogP contribution in [0.15, 0.2) is 45.3 Å². The molecule has 8 nitrogen and oxygen atoms in total. The maximum absolute atomic E-state index is 13.8. The van der Waals surface area contributed by atoms with Gasteiger partial charge in [0.25, 0.3) is 0 Å². The fourth-order valence-corrected chi connectivity index (χ4v) is 2.80. The summed E-state index contributed by atoms with van der Waals surface area (Å²) in [6, 6.07) is 10.1. The van der Waals surface area contributed by atoms with Crippen molar-refractivity contribution in [3.05, 3.63) is 59.6 Å². The number of para-hydroxylation sites is 1. The molecule has 2 aromatic carbocycles. The average Bonchev–Trinajstić information content (AvgIpc) is 3.39. The van der Waals surface area contributed by atoms with Crippen molar-refractivity contribution in [1.82, 2.24) is 20.3 Å². The Morgan fingerprint density at radius 1 is 1.03 bits per heavy atom. The molecule has 0 atom stereocenters. The molecule has 0 aliphatic carbocycles. The number of aromatic nitrogens is 4. The molecule has 9 heteroatoms. The summed E-state index contributed by atoms with van der Waals surface area (Å²) >= 11 is 0. The minimum absolute atomic E-state index is 0.140. The minimum Gasteiger partial charge on any atom is -0.493 e. The van der Waals surface area contributed by atoms with Crippen LogP contribution in [0.2, 0.25) is 0 Å². The summed E-state index contributed by atoms with van der Waals surface area (Å²) in [5.74, 6) is 1.84. The third kappa shape index (κ3) is 3.66. The van der Waals surface area contributed by atoms with E-state index >= 15 is 0 Å². The molecule has 0 saturated heterocycles. The zero-order valence-electron chi connectivity index (χ0n) is 16.0. The van der Waals surface area contributed by atoms with E-state index in [0.29, 0.717) is 34.0 Å². The SMILES string of the molecule is COc1cccc(-c2noc(Cc3nnc(-c4ccc(C)c(F)c4)o3)n2)c1OC. The summed E-state index contributed by atoms with van der Waals surface area (Å²) in [4.78, 5) is 4.37. The molecule has 0 bridgehead atoms. The highest BCUT2D eigenvalue weighted by Gasteiger charge is 2.19. The molecule has 4 aromatic rings. The van der Waals surface area contributed by atoms with E-state index in [4.69, 9.17) is 18.4 Å². The number of benzene rings is 2. The van der Waals surface area contributed by atoms with Gasteiger partial charge in [0, 0.05) is 5.56 Å². The second-order valence-electron chi connectivity index (χ2n) is 6.19. The summed E-state index contributed by atoms with van der Waals surface area (Å²) in [6.07, 6.45) is 0.140. The Morgan fingerprint density at radius 2 is 1.90 bits per heavy atom. The third-order valence-corrected chi connectivity index (χ3v) is 4.30. The van der Waals surface area contributed by atoms with Gasteiger partial charge >= 0.3 is 0 Å². The summed E-state index contributed by atoms with van der Waals surface area (Å²) in [7, 11) is 3.09. The normalized spacial score (nSPS) is 10.9. The molecule has 0 fully saturated rings. The maximum Gasteiger partial charge on any atom is 0.247 e. The highest BCUT2D eigenvalue weighted by molar-refractivity contribution is 5.68. The summed E-state index contributed by atoms with van der Waals surface area (Å²) < 4.78 is 35.4. The second kappa shape index (κ2) is 7.70. The zero-order chi connectivity index (χ0) is 20.4. The van der Waals surface area contributed by atoms with Crippen LogP contribution in [0.4, 0.5) is 4.39 Å². The first-order valence-corrected chi connectivity index (χ1v) is 8.72. The van der Waals surface area contributed by atoms with E-state index in [-0.39, 0.29) is 29.9 Å². The van der Waals surface area contributed by atoms with Crippen LogP contribution < -0.4 is 9.47 Å². The van der Waals surface area contributed by atoms with Gasteiger partial charge < -0.3 is 18.4 Å². The van der Waals surface area contributed by atoms with Gasteiger partial charge in [-0.15, -0.1) is 10.2 Å². The number of halogens is 1. The number of hydrogen-bond acceptors (Lipinski definition) is 8. The second-order valence-corrected chi connectivity index (χ2v) is 6.19. The Bertz CT molecular complexity index is 1160. The molecular formula is C20H17FN4O4. The summed E-state index contributed by atoms with van der Waals surface area (Å²) in [6.45, 7) is 1.68. The topological polar surface area (TPSA) is 96.3 Å². The molecule has 0 amide bonds. The molecule has 0 aliphatic heterocycles. The summed E-state index contributed by atoms with van der Waals surface area (Å²) in [5.41, 5.74) is 1.67. The molecule has 0 radical (unpaired) electrons. The Hall–Kier alpha value is -3.75. The molecule has 4 rings (SSSR count). The van der Waals surface area contributed by atoms with E-state index in [0.717, 1.165) is 0 Å². The Kier molecular flexibility index (Phi) is 4.94. The lowest BCUT2D eigenvalue weighted by Crippen LogP contribution is -1.94. The number of hydrogen-bond donors (Lipinski definition) is 0. The number of methoxy groups -OCH3 is 2. The van der Waals surface area contributed by atoms with Gasteiger partial charge in [0.2, 0.25) is 23.5 Å². The Morgan fingerprint density at radius 3 is 2.66 bits per heavy atom. The highest BCUT2D eigenvalue weighted by Crippen LogP contribution is 2.36. The zero-order valence-corrected chi connectivity index (χ0v) is 16.0. The van der Waals surface area contributed by atoms with E-state index in [1.54, 1.807) is 44.4 Å². The Balaban J connectivity index is 1.56. The van der Waals surface area contributed by atoms with Crippen molar-refractivity contribution < 1.29 is 22.8 Å². The van der Waals surface area contributed by atoms with Crippen molar-refractivity contribution in [2.75, 3.05) is 14.2 Å². The molecule has 29 heavy (non-hydrogen) atoms. The predicted octanol–water partition coefficient (Wildman–Crippen LogP) is 3.84. The van der Waals surface area contributed by atoms with Gasteiger partial charge in [0.05, 0.1) is 19.8 Å². The van der Waals surface area contributed by atoms with Crippen molar-refractivity contribution >= 4 is 0 Å². The van der Waals surface area contributed by atoms with Gasteiger partial charge in [-0.1, -0.05) is 17.3 Å². The van der Waals surface area contributed by atoms with Crippen LogP contribution in [-0.4, -0.2) is 34.6 Å². The van der Waals surface area contributed by atoms with Crippen molar-refractivity contribution in [2.45, 2.75) is 13.3 Å². The molecule has 148 valence electrons. The molecular weight excluding hydrogens is 379 g/mol. The average molecular weight is 396 g/mol. The predicted molar refractivity (Wildman–Crippen MR) is 100 cm³/mol. The van der Waals surface area contributed by atoms with Crippen LogP contribution in [0.5, 0.6) is 11.5 Å². The van der Waals surface area contributed by atoms with Crippen LogP contribution >= 0.6 is 0 Å². The molecule has 2 heterocycles. The molecule has 0 N–H and O–H groups in total. The number of ether oxygens (including phenoxy) is 2. The van der Waals surface area contributed by atoms with Gasteiger partial charge in [0.1, 0.15) is 12.2 Å². The molecule has 0 saturated carbocycles. The first-order chi connectivity index (χ1) is 14.1. The molecule has 0 spiro atoms. The largest absolute Gasteiger partial charge is 0.493 e. The van der Waals surface area contributed by atoms with E-state index in [1.807, 2.05) is 0 Å². The van der Waals surface area contributed by atoms with Crippen molar-refractivity contribution in [1.29, 1.82) is 0 Å². The lowest BCUT2D eigenvalue weighted by molar-refractivity contribution is 0.355. The molecule has 0 unspecified atom stereocenters. The fraction of sp³-hybridized carbons (Fsp3) is 0.200. The first-order valence-electron chi connectivity index (χ1n) is 8.72. The van der Waals surface area contributed by atoms with E-state index in [2.05, 4.69) is 20.3 Å². The van der Waals surface area contributed by atoms with Gasteiger partial charge in [0.15, 0.2) is 11.5 Å². The van der Waals surface area contributed by atoms with Crippen molar-refractivity contribution in [3.8, 4) is 34.3 Å². The van der Waals surface area contributed by atoms with Crippen molar-refractivity contribution in [2.24, 2.45) is 0 Å². The summed E-state index contributed by atoms with van der Waals surface area (Å²) in [5, 5.41) is 11.9. The standard InChI is InChI=1S/C20H17FN4O4/c1-11-7-8-12(9-14(11)21)20-24-23-17(28-20)10-16-22-19(25-29-16)13-5-4-6-15(26-2)18(13)27-3/h4-9H,10H2,1-3H3. The van der Waals surface area contributed by atoms with Gasteiger partial charge in [-0.05, 0) is 36.8 Å².